The van der Waals surface area contributed by atoms with E-state index in [0.717, 1.165) is 24.2 Å². The van der Waals surface area contributed by atoms with Crippen LogP contribution in [0.25, 0.3) is 0 Å². The van der Waals surface area contributed by atoms with Crippen LogP contribution >= 0.6 is 0 Å². The third kappa shape index (κ3) is 4.91. The van der Waals surface area contributed by atoms with Crippen LogP contribution in [0.5, 0.6) is 0 Å². The molecule has 4 rings (SSSR count). The van der Waals surface area contributed by atoms with Crippen molar-refractivity contribution in [1.29, 1.82) is 0 Å². The quantitative estimate of drug-likeness (QED) is 0.619. The largest absolute Gasteiger partial charge is 0.324 e. The molecule has 5 nitrogen and oxygen atoms in total. The van der Waals surface area contributed by atoms with Crippen LogP contribution in [0.2, 0.25) is 0 Å². The van der Waals surface area contributed by atoms with Gasteiger partial charge in [-0.05, 0) is 61.4 Å². The van der Waals surface area contributed by atoms with E-state index in [9.17, 15) is 14.0 Å². The third-order valence-corrected chi connectivity index (χ3v) is 5.33. The summed E-state index contributed by atoms with van der Waals surface area (Å²) in [6, 6.07) is 20.8. The van der Waals surface area contributed by atoms with Gasteiger partial charge in [0, 0.05) is 36.6 Å². The molecule has 1 N–H and O–H groups in total. The number of aryl methyl sites for hydroxylation is 1. The number of halogens is 1. The fourth-order valence-corrected chi connectivity index (χ4v) is 3.64. The molecule has 1 aliphatic heterocycles. The number of anilines is 2. The van der Waals surface area contributed by atoms with Gasteiger partial charge in [-0.2, -0.15) is 0 Å². The van der Waals surface area contributed by atoms with Crippen LogP contribution in [0, 0.1) is 12.7 Å². The van der Waals surface area contributed by atoms with Crippen molar-refractivity contribution in [3.05, 3.63) is 95.3 Å². The van der Waals surface area contributed by atoms with E-state index in [0.29, 0.717) is 24.3 Å². The van der Waals surface area contributed by atoms with Gasteiger partial charge in [0.1, 0.15) is 5.82 Å². The second-order valence-corrected chi connectivity index (χ2v) is 7.71. The number of nitrogens with one attached hydrogen (secondary N) is 1. The summed E-state index contributed by atoms with van der Waals surface area (Å²) in [5.41, 5.74) is 3.88. The van der Waals surface area contributed by atoms with Crippen molar-refractivity contribution in [3.63, 3.8) is 0 Å². The second-order valence-electron chi connectivity index (χ2n) is 7.71. The predicted molar refractivity (Wildman–Crippen MR) is 120 cm³/mol. The molecule has 3 aromatic carbocycles. The van der Waals surface area contributed by atoms with Gasteiger partial charge < -0.3 is 10.2 Å². The van der Waals surface area contributed by atoms with Crippen molar-refractivity contribution in [1.82, 2.24) is 4.90 Å². The summed E-state index contributed by atoms with van der Waals surface area (Å²) in [6.07, 6.45) is 0.874. The first kappa shape index (κ1) is 20.6. The molecule has 1 fully saturated rings. The Bertz CT molecular complexity index is 1080. The molecule has 0 aliphatic carbocycles. The average Bonchev–Trinajstić information content (AvgIpc) is 2.77. The maximum atomic E-state index is 13.3. The lowest BCUT2D eigenvalue weighted by Crippen LogP contribution is -2.49. The number of hydrogen-bond acceptors (Lipinski definition) is 2. The van der Waals surface area contributed by atoms with Crippen molar-refractivity contribution in [3.8, 4) is 0 Å². The van der Waals surface area contributed by atoms with Crippen LogP contribution in [-0.2, 0) is 6.54 Å². The highest BCUT2D eigenvalue weighted by Gasteiger charge is 2.26. The summed E-state index contributed by atoms with van der Waals surface area (Å²) in [7, 11) is 0. The predicted octanol–water partition coefficient (Wildman–Crippen LogP) is 5.22. The summed E-state index contributed by atoms with van der Waals surface area (Å²) < 4.78 is 13.3. The number of nitrogens with zero attached hydrogens (tertiary/aromatic N) is 2. The van der Waals surface area contributed by atoms with E-state index in [4.69, 9.17) is 0 Å². The highest BCUT2D eigenvalue weighted by molar-refractivity contribution is 6.04. The highest BCUT2D eigenvalue weighted by atomic mass is 19.1. The molecule has 31 heavy (non-hydrogen) atoms. The Morgan fingerprint density at radius 3 is 2.45 bits per heavy atom. The van der Waals surface area contributed by atoms with E-state index in [1.807, 2.05) is 24.0 Å². The van der Waals surface area contributed by atoms with Gasteiger partial charge in [0.15, 0.2) is 0 Å². The van der Waals surface area contributed by atoms with E-state index < -0.39 is 5.82 Å². The van der Waals surface area contributed by atoms with Gasteiger partial charge in [-0.3, -0.25) is 9.69 Å². The standard InChI is InChI=1S/C25H24FN3O2/c1-18-6-8-19(9-7-18)17-28-14-3-15-29(25(28)31)23-12-10-20(11-13-23)24(30)27-22-5-2-4-21(26)16-22/h2,4-13,16H,3,14-15,17H2,1H3,(H,27,30). The van der Waals surface area contributed by atoms with Gasteiger partial charge in [0.25, 0.3) is 5.91 Å². The smallest absolute Gasteiger partial charge is 0.322 e. The highest BCUT2D eigenvalue weighted by Crippen LogP contribution is 2.22. The fourth-order valence-electron chi connectivity index (χ4n) is 3.64. The number of benzene rings is 3. The molecule has 3 amide bonds. The Kier molecular flexibility index (Phi) is 5.98. The van der Waals surface area contributed by atoms with Gasteiger partial charge in [0.2, 0.25) is 0 Å². The molecule has 1 aliphatic rings. The summed E-state index contributed by atoms with van der Waals surface area (Å²) in [5.74, 6) is -0.741. The van der Waals surface area contributed by atoms with Crippen LogP contribution in [-0.4, -0.2) is 29.9 Å². The molecule has 6 heteroatoms. The van der Waals surface area contributed by atoms with E-state index in [1.165, 1.54) is 17.7 Å². The van der Waals surface area contributed by atoms with Gasteiger partial charge in [-0.25, -0.2) is 9.18 Å². The zero-order chi connectivity index (χ0) is 21.8. The Morgan fingerprint density at radius 2 is 1.74 bits per heavy atom. The topological polar surface area (TPSA) is 52.6 Å². The van der Waals surface area contributed by atoms with Crippen LogP contribution in [0.15, 0.2) is 72.8 Å². The first-order chi connectivity index (χ1) is 15.0. The number of carbonyl (C=O) groups is 2. The maximum absolute atomic E-state index is 13.3. The van der Waals surface area contributed by atoms with E-state index in [-0.39, 0.29) is 11.9 Å². The lowest BCUT2D eigenvalue weighted by atomic mass is 10.1. The second kappa shape index (κ2) is 9.00. The van der Waals surface area contributed by atoms with Crippen molar-refractivity contribution in [2.45, 2.75) is 19.9 Å². The number of amides is 3. The molecule has 0 unspecified atom stereocenters. The van der Waals surface area contributed by atoms with Gasteiger partial charge in [-0.15, -0.1) is 0 Å². The molecular weight excluding hydrogens is 393 g/mol. The van der Waals surface area contributed by atoms with E-state index in [2.05, 4.69) is 17.4 Å². The van der Waals surface area contributed by atoms with Crippen molar-refractivity contribution >= 4 is 23.3 Å². The molecule has 1 saturated heterocycles. The van der Waals surface area contributed by atoms with Crippen molar-refractivity contribution < 1.29 is 14.0 Å². The molecule has 1 heterocycles. The van der Waals surface area contributed by atoms with Crippen molar-refractivity contribution in [2.75, 3.05) is 23.3 Å². The molecule has 158 valence electrons. The summed E-state index contributed by atoms with van der Waals surface area (Å²) in [4.78, 5) is 29.0. The molecule has 0 spiro atoms. The minimum absolute atomic E-state index is 0.0382. The molecule has 3 aromatic rings. The monoisotopic (exact) mass is 417 g/mol. The maximum Gasteiger partial charge on any atom is 0.324 e. The lowest BCUT2D eigenvalue weighted by Gasteiger charge is -2.35. The SMILES string of the molecule is Cc1ccc(CN2CCCN(c3ccc(C(=O)Nc4cccc(F)c4)cc3)C2=O)cc1. The first-order valence-electron chi connectivity index (χ1n) is 10.3. The molecule has 0 saturated carbocycles. The zero-order valence-corrected chi connectivity index (χ0v) is 17.3. The van der Waals surface area contributed by atoms with Crippen LogP contribution in [0.1, 0.15) is 27.9 Å². The van der Waals surface area contributed by atoms with Crippen LogP contribution in [0.3, 0.4) is 0 Å². The van der Waals surface area contributed by atoms with Crippen molar-refractivity contribution in [2.24, 2.45) is 0 Å². The summed E-state index contributed by atoms with van der Waals surface area (Å²) in [5, 5.41) is 2.68. The van der Waals surface area contributed by atoms with Crippen LogP contribution in [0.4, 0.5) is 20.6 Å². The van der Waals surface area contributed by atoms with Gasteiger partial charge in [-0.1, -0.05) is 35.9 Å². The molecular formula is C25H24FN3O2. The Hall–Kier alpha value is -3.67. The minimum atomic E-state index is -0.410. The first-order valence-corrected chi connectivity index (χ1v) is 10.3. The Balaban J connectivity index is 1.43. The molecule has 0 radical (unpaired) electrons. The van der Waals surface area contributed by atoms with Crippen LogP contribution < -0.4 is 10.2 Å². The Morgan fingerprint density at radius 1 is 1.00 bits per heavy atom. The zero-order valence-electron chi connectivity index (χ0n) is 17.3. The third-order valence-electron chi connectivity index (χ3n) is 5.33. The lowest BCUT2D eigenvalue weighted by molar-refractivity contribution is 0.102. The van der Waals surface area contributed by atoms with E-state index in [1.54, 1.807) is 41.3 Å². The van der Waals surface area contributed by atoms with Gasteiger partial charge in [0.05, 0.1) is 0 Å². The normalized spacial score (nSPS) is 13.9. The van der Waals surface area contributed by atoms with Gasteiger partial charge >= 0.3 is 6.03 Å². The minimum Gasteiger partial charge on any atom is -0.322 e. The number of carbonyl (C=O) groups excluding carboxylic acids is 2. The number of hydrogen-bond donors (Lipinski definition) is 1. The number of urea groups is 1. The molecule has 0 aromatic heterocycles. The Labute approximate surface area is 181 Å². The molecule has 0 atom stereocenters. The van der Waals surface area contributed by atoms with E-state index >= 15 is 0 Å². The summed E-state index contributed by atoms with van der Waals surface area (Å²) >= 11 is 0. The average molecular weight is 417 g/mol. The molecule has 0 bridgehead atoms. The number of rotatable bonds is 5. The summed E-state index contributed by atoms with van der Waals surface area (Å²) in [6.45, 7) is 3.97. The fraction of sp³-hybridized carbons (Fsp3) is 0.200.